The molecule has 1 aromatic rings. The molecule has 1 aromatic heterocycles. The third kappa shape index (κ3) is 2.29. The highest BCUT2D eigenvalue weighted by Gasteiger charge is 2.23. The highest BCUT2D eigenvalue weighted by Crippen LogP contribution is 2.22. The Hall–Kier alpha value is -0.680. The van der Waals surface area contributed by atoms with Crippen LogP contribution in [0.1, 0.15) is 24.6 Å². The van der Waals surface area contributed by atoms with Gasteiger partial charge >= 0.3 is 0 Å². The van der Waals surface area contributed by atoms with Crippen molar-refractivity contribution in [3.8, 4) is 0 Å². The van der Waals surface area contributed by atoms with E-state index in [1.807, 2.05) is 12.5 Å². The Kier molecular flexibility index (Phi) is 3.21. The van der Waals surface area contributed by atoms with Crippen LogP contribution in [0.4, 0.5) is 0 Å². The topological polar surface area (TPSA) is 46.9 Å². The molecule has 2 rings (SSSR count). The SMILES string of the molecule is CC(CS(C)=O)n1cncc1C1CNC1. The number of hydrogen-bond acceptors (Lipinski definition) is 3. The molecule has 4 nitrogen and oxygen atoms in total. The maximum Gasteiger partial charge on any atom is 0.0951 e. The standard InChI is InChI=1S/C10H17N3OS/c1-8(6-15(2)14)13-7-12-5-10(13)9-3-11-4-9/h5,7-9,11H,3-4,6H2,1-2H3. The van der Waals surface area contributed by atoms with Crippen molar-refractivity contribution in [3.63, 3.8) is 0 Å². The van der Waals surface area contributed by atoms with Crippen molar-refractivity contribution in [3.05, 3.63) is 18.2 Å². The third-order valence-electron chi connectivity index (χ3n) is 2.85. The molecule has 0 aliphatic carbocycles. The van der Waals surface area contributed by atoms with Gasteiger partial charge in [0, 0.05) is 59.7 Å². The fraction of sp³-hybridized carbons (Fsp3) is 0.700. The van der Waals surface area contributed by atoms with Crippen molar-refractivity contribution < 1.29 is 4.21 Å². The lowest BCUT2D eigenvalue weighted by molar-refractivity contribution is 0.414. The molecule has 2 unspecified atom stereocenters. The van der Waals surface area contributed by atoms with Gasteiger partial charge in [0.2, 0.25) is 0 Å². The van der Waals surface area contributed by atoms with Crippen LogP contribution in [0.3, 0.4) is 0 Å². The van der Waals surface area contributed by atoms with E-state index in [0.29, 0.717) is 11.7 Å². The number of hydrogen-bond donors (Lipinski definition) is 1. The van der Waals surface area contributed by atoms with E-state index < -0.39 is 10.8 Å². The van der Waals surface area contributed by atoms with Gasteiger partial charge in [0.05, 0.1) is 6.33 Å². The molecule has 0 aromatic carbocycles. The number of aromatic nitrogens is 2. The van der Waals surface area contributed by atoms with Crippen molar-refractivity contribution >= 4 is 10.8 Å². The zero-order chi connectivity index (χ0) is 10.8. The van der Waals surface area contributed by atoms with E-state index in [1.54, 1.807) is 6.26 Å². The summed E-state index contributed by atoms with van der Waals surface area (Å²) in [6, 6.07) is 0.272. The Bertz CT molecular complexity index is 359. The fourth-order valence-electron chi connectivity index (χ4n) is 1.92. The molecule has 84 valence electrons. The summed E-state index contributed by atoms with van der Waals surface area (Å²) in [5.74, 6) is 1.28. The molecule has 0 radical (unpaired) electrons. The molecule has 0 bridgehead atoms. The lowest BCUT2D eigenvalue weighted by atomic mass is 9.99. The summed E-state index contributed by atoms with van der Waals surface area (Å²) in [7, 11) is -0.750. The molecule has 0 amide bonds. The number of rotatable bonds is 4. The molecule has 0 spiro atoms. The summed E-state index contributed by atoms with van der Waals surface area (Å²) >= 11 is 0. The zero-order valence-corrected chi connectivity index (χ0v) is 9.96. The van der Waals surface area contributed by atoms with Crippen LogP contribution >= 0.6 is 0 Å². The monoisotopic (exact) mass is 227 g/mol. The van der Waals surface area contributed by atoms with E-state index in [1.165, 1.54) is 5.69 Å². The first-order valence-electron chi connectivity index (χ1n) is 5.21. The first-order valence-corrected chi connectivity index (χ1v) is 6.93. The second-order valence-corrected chi connectivity index (χ2v) is 5.65. The Balaban J connectivity index is 2.12. The molecule has 2 atom stereocenters. The maximum absolute atomic E-state index is 11.2. The summed E-state index contributed by atoms with van der Waals surface area (Å²) in [6.07, 6.45) is 5.53. The lowest BCUT2D eigenvalue weighted by Crippen LogP contribution is -2.41. The molecule has 1 N–H and O–H groups in total. The van der Waals surface area contributed by atoms with Gasteiger partial charge in [-0.3, -0.25) is 4.21 Å². The second-order valence-electron chi connectivity index (χ2n) is 4.17. The minimum absolute atomic E-state index is 0.272. The Labute approximate surface area is 92.5 Å². The molecular formula is C10H17N3OS. The molecule has 1 fully saturated rings. The molecule has 1 saturated heterocycles. The summed E-state index contributed by atoms with van der Waals surface area (Å²) < 4.78 is 13.3. The minimum Gasteiger partial charge on any atom is -0.331 e. The third-order valence-corrected chi connectivity index (χ3v) is 3.80. The molecule has 5 heteroatoms. The van der Waals surface area contributed by atoms with Gasteiger partial charge < -0.3 is 9.88 Å². The van der Waals surface area contributed by atoms with E-state index in [0.717, 1.165) is 13.1 Å². The van der Waals surface area contributed by atoms with Crippen LogP contribution in [-0.4, -0.2) is 38.9 Å². The molecule has 2 heterocycles. The fourth-order valence-corrected chi connectivity index (χ4v) is 2.76. The van der Waals surface area contributed by atoms with Crippen LogP contribution in [0.15, 0.2) is 12.5 Å². The highest BCUT2D eigenvalue weighted by atomic mass is 32.2. The van der Waals surface area contributed by atoms with Crippen LogP contribution in [0, 0.1) is 0 Å². The van der Waals surface area contributed by atoms with Crippen LogP contribution in [0.2, 0.25) is 0 Å². The summed E-state index contributed by atoms with van der Waals surface area (Å²) in [4.78, 5) is 4.19. The average molecular weight is 227 g/mol. The highest BCUT2D eigenvalue weighted by molar-refractivity contribution is 7.84. The Morgan fingerprint density at radius 1 is 1.73 bits per heavy atom. The second kappa shape index (κ2) is 4.45. The van der Waals surface area contributed by atoms with E-state index in [2.05, 4.69) is 21.8 Å². The first kappa shape index (κ1) is 10.8. The summed E-state index contributed by atoms with van der Waals surface area (Å²) in [5.41, 5.74) is 1.27. The predicted octanol–water partition coefficient (Wildman–Crippen LogP) is 0.509. The Morgan fingerprint density at radius 3 is 3.00 bits per heavy atom. The van der Waals surface area contributed by atoms with Gasteiger partial charge in [-0.05, 0) is 6.92 Å². The van der Waals surface area contributed by atoms with E-state index in [9.17, 15) is 4.21 Å². The summed E-state index contributed by atoms with van der Waals surface area (Å²) in [6.45, 7) is 4.17. The molecular weight excluding hydrogens is 210 g/mol. The van der Waals surface area contributed by atoms with Gasteiger partial charge in [-0.2, -0.15) is 0 Å². The average Bonchev–Trinajstić information content (AvgIpc) is 2.48. The normalized spacial score (nSPS) is 20.9. The quantitative estimate of drug-likeness (QED) is 0.815. The first-order chi connectivity index (χ1) is 7.18. The van der Waals surface area contributed by atoms with Crippen LogP contribution in [0.5, 0.6) is 0 Å². The van der Waals surface area contributed by atoms with E-state index in [4.69, 9.17) is 0 Å². The molecule has 0 saturated carbocycles. The van der Waals surface area contributed by atoms with Crippen LogP contribution in [0.25, 0.3) is 0 Å². The van der Waals surface area contributed by atoms with Crippen molar-refractivity contribution in [2.24, 2.45) is 0 Å². The van der Waals surface area contributed by atoms with Crippen molar-refractivity contribution in [1.29, 1.82) is 0 Å². The van der Waals surface area contributed by atoms with Gasteiger partial charge in [0.15, 0.2) is 0 Å². The molecule has 15 heavy (non-hydrogen) atoms. The van der Waals surface area contributed by atoms with E-state index >= 15 is 0 Å². The predicted molar refractivity (Wildman–Crippen MR) is 61.5 cm³/mol. The largest absolute Gasteiger partial charge is 0.331 e. The number of nitrogens with one attached hydrogen (secondary N) is 1. The smallest absolute Gasteiger partial charge is 0.0951 e. The lowest BCUT2D eigenvalue weighted by Gasteiger charge is -2.29. The summed E-state index contributed by atoms with van der Waals surface area (Å²) in [5, 5.41) is 3.26. The van der Waals surface area contributed by atoms with Crippen LogP contribution < -0.4 is 5.32 Å². The van der Waals surface area contributed by atoms with Crippen LogP contribution in [-0.2, 0) is 10.8 Å². The number of imidazole rings is 1. The minimum atomic E-state index is -0.750. The van der Waals surface area contributed by atoms with E-state index in [-0.39, 0.29) is 6.04 Å². The molecule has 1 aliphatic rings. The van der Waals surface area contributed by atoms with Gasteiger partial charge in [0.1, 0.15) is 0 Å². The van der Waals surface area contributed by atoms with Gasteiger partial charge in [0.25, 0.3) is 0 Å². The number of nitrogens with zero attached hydrogens (tertiary/aromatic N) is 2. The molecule has 1 aliphatic heterocycles. The van der Waals surface area contributed by atoms with Crippen molar-refractivity contribution in [2.45, 2.75) is 18.9 Å². The maximum atomic E-state index is 11.2. The van der Waals surface area contributed by atoms with Gasteiger partial charge in [-0.15, -0.1) is 0 Å². The van der Waals surface area contributed by atoms with Gasteiger partial charge in [-0.25, -0.2) is 4.98 Å². The Morgan fingerprint density at radius 2 is 2.47 bits per heavy atom. The van der Waals surface area contributed by atoms with Crippen molar-refractivity contribution in [2.75, 3.05) is 25.1 Å². The zero-order valence-electron chi connectivity index (χ0n) is 9.14. The van der Waals surface area contributed by atoms with Crippen molar-refractivity contribution in [1.82, 2.24) is 14.9 Å². The van der Waals surface area contributed by atoms with Gasteiger partial charge in [-0.1, -0.05) is 0 Å².